The number of oxazole rings is 1. The highest BCUT2D eigenvalue weighted by Gasteiger charge is 2.01. The number of rotatable bonds is 2. The summed E-state index contributed by atoms with van der Waals surface area (Å²) in [6.07, 6.45) is 0. The Hall–Kier alpha value is -1.95. The minimum Gasteiger partial charge on any atom is -0.424 e. The summed E-state index contributed by atoms with van der Waals surface area (Å²) in [5, 5.41) is 2.98. The number of hydrogen-bond donors (Lipinski definition) is 1. The van der Waals surface area contributed by atoms with Gasteiger partial charge in [0.05, 0.1) is 6.54 Å². The zero-order valence-electron chi connectivity index (χ0n) is 7.87. The smallest absolute Gasteiger partial charge is 0.296 e. The first-order chi connectivity index (χ1) is 6.90. The topological polar surface area (TPSA) is 38.1 Å². The maximum atomic E-state index is 5.42. The largest absolute Gasteiger partial charge is 0.424 e. The van der Waals surface area contributed by atoms with E-state index in [0.717, 1.165) is 11.1 Å². The predicted octanol–water partition coefficient (Wildman–Crippen LogP) is 2.26. The molecule has 1 aromatic heterocycles. The van der Waals surface area contributed by atoms with Gasteiger partial charge in [0, 0.05) is 0 Å². The van der Waals surface area contributed by atoms with Crippen LogP contribution in [0.4, 0.5) is 6.01 Å². The van der Waals surface area contributed by atoms with E-state index in [1.165, 1.54) is 0 Å². The molecule has 0 aliphatic heterocycles. The molecule has 3 heteroatoms. The molecule has 0 unspecified atom stereocenters. The molecule has 0 amide bonds. The number of hydrogen-bond acceptors (Lipinski definition) is 3. The third-order valence-corrected chi connectivity index (χ3v) is 1.80. The molecule has 2 rings (SSSR count). The summed E-state index contributed by atoms with van der Waals surface area (Å²) >= 11 is 0. The van der Waals surface area contributed by atoms with Gasteiger partial charge in [-0.1, -0.05) is 18.1 Å². The van der Waals surface area contributed by atoms with Crippen LogP contribution in [0.3, 0.4) is 0 Å². The molecule has 1 heterocycles. The van der Waals surface area contributed by atoms with Crippen molar-refractivity contribution in [2.45, 2.75) is 6.92 Å². The van der Waals surface area contributed by atoms with Gasteiger partial charge in [0.15, 0.2) is 5.58 Å². The summed E-state index contributed by atoms with van der Waals surface area (Å²) in [6, 6.07) is 8.17. The molecular weight excluding hydrogens is 176 g/mol. The minimum atomic E-state index is 0.522. The van der Waals surface area contributed by atoms with E-state index in [-0.39, 0.29) is 0 Å². The number of nitrogens with one attached hydrogen (secondary N) is 1. The van der Waals surface area contributed by atoms with Crippen LogP contribution in [0.1, 0.15) is 6.92 Å². The van der Waals surface area contributed by atoms with Crippen LogP contribution in [0.2, 0.25) is 0 Å². The SMILES string of the molecule is CC#CCNc1nc2ccccc2o1. The molecule has 0 bridgehead atoms. The third-order valence-electron chi connectivity index (χ3n) is 1.80. The maximum Gasteiger partial charge on any atom is 0.296 e. The van der Waals surface area contributed by atoms with Crippen molar-refractivity contribution in [1.82, 2.24) is 4.98 Å². The summed E-state index contributed by atoms with van der Waals surface area (Å²) < 4.78 is 5.42. The number of nitrogens with zero attached hydrogens (tertiary/aromatic N) is 1. The van der Waals surface area contributed by atoms with Gasteiger partial charge in [-0.15, -0.1) is 5.92 Å². The minimum absolute atomic E-state index is 0.522. The molecular formula is C11H10N2O. The Kier molecular flexibility index (Phi) is 2.37. The van der Waals surface area contributed by atoms with Crippen LogP contribution in [0.5, 0.6) is 0 Å². The molecule has 0 atom stereocenters. The Morgan fingerprint density at radius 2 is 2.29 bits per heavy atom. The molecule has 1 N–H and O–H groups in total. The van der Waals surface area contributed by atoms with Crippen LogP contribution >= 0.6 is 0 Å². The lowest BCUT2D eigenvalue weighted by Gasteiger charge is -1.91. The second-order valence-electron chi connectivity index (χ2n) is 2.77. The van der Waals surface area contributed by atoms with E-state index in [4.69, 9.17) is 4.42 Å². The summed E-state index contributed by atoms with van der Waals surface area (Å²) in [7, 11) is 0. The van der Waals surface area contributed by atoms with Gasteiger partial charge < -0.3 is 9.73 Å². The zero-order valence-corrected chi connectivity index (χ0v) is 7.87. The number of para-hydroxylation sites is 2. The van der Waals surface area contributed by atoms with Crippen LogP contribution in [0.25, 0.3) is 11.1 Å². The molecule has 14 heavy (non-hydrogen) atoms. The second-order valence-corrected chi connectivity index (χ2v) is 2.77. The van der Waals surface area contributed by atoms with Gasteiger partial charge in [-0.2, -0.15) is 4.98 Å². The first-order valence-corrected chi connectivity index (χ1v) is 4.39. The van der Waals surface area contributed by atoms with Crippen LogP contribution in [0.15, 0.2) is 28.7 Å². The van der Waals surface area contributed by atoms with Crippen molar-refractivity contribution in [2.24, 2.45) is 0 Å². The monoisotopic (exact) mass is 186 g/mol. The normalized spacial score (nSPS) is 9.50. The average molecular weight is 186 g/mol. The van der Waals surface area contributed by atoms with E-state index in [1.54, 1.807) is 6.92 Å². The second kappa shape index (κ2) is 3.84. The molecule has 0 fully saturated rings. The van der Waals surface area contributed by atoms with E-state index < -0.39 is 0 Å². The number of aromatic nitrogens is 1. The van der Waals surface area contributed by atoms with Crippen LogP contribution < -0.4 is 5.32 Å². The Bertz CT molecular complexity index is 457. The fraction of sp³-hybridized carbons (Fsp3) is 0.182. The highest BCUT2D eigenvalue weighted by atomic mass is 16.4. The summed E-state index contributed by atoms with van der Waals surface area (Å²) in [4.78, 5) is 4.24. The molecule has 0 saturated carbocycles. The average Bonchev–Trinajstić information content (AvgIpc) is 2.60. The lowest BCUT2D eigenvalue weighted by atomic mass is 10.3. The maximum absolute atomic E-state index is 5.42. The first-order valence-electron chi connectivity index (χ1n) is 4.39. The van der Waals surface area contributed by atoms with Gasteiger partial charge >= 0.3 is 0 Å². The van der Waals surface area contributed by atoms with E-state index in [2.05, 4.69) is 22.1 Å². The fourth-order valence-corrected chi connectivity index (χ4v) is 1.16. The van der Waals surface area contributed by atoms with E-state index >= 15 is 0 Å². The van der Waals surface area contributed by atoms with Crippen molar-refractivity contribution in [2.75, 3.05) is 11.9 Å². The van der Waals surface area contributed by atoms with Crippen molar-refractivity contribution in [3.63, 3.8) is 0 Å². The first kappa shape index (κ1) is 8.64. The molecule has 0 aliphatic rings. The van der Waals surface area contributed by atoms with Gasteiger partial charge in [0.2, 0.25) is 0 Å². The molecule has 0 aliphatic carbocycles. The molecule has 70 valence electrons. The Morgan fingerprint density at radius 1 is 1.43 bits per heavy atom. The van der Waals surface area contributed by atoms with Gasteiger partial charge in [0.1, 0.15) is 5.52 Å². The zero-order chi connectivity index (χ0) is 9.80. The number of benzene rings is 1. The summed E-state index contributed by atoms with van der Waals surface area (Å²) in [5.41, 5.74) is 1.65. The summed E-state index contributed by atoms with van der Waals surface area (Å²) in [5.74, 6) is 5.67. The van der Waals surface area contributed by atoms with Crippen LogP contribution in [-0.2, 0) is 0 Å². The van der Waals surface area contributed by atoms with Gasteiger partial charge in [-0.3, -0.25) is 0 Å². The Morgan fingerprint density at radius 3 is 3.07 bits per heavy atom. The van der Waals surface area contributed by atoms with Gasteiger partial charge in [0.25, 0.3) is 6.01 Å². The lowest BCUT2D eigenvalue weighted by molar-refractivity contribution is 0.618. The third kappa shape index (κ3) is 1.69. The Balaban J connectivity index is 2.21. The molecule has 2 aromatic rings. The van der Waals surface area contributed by atoms with Gasteiger partial charge in [-0.05, 0) is 19.1 Å². The molecule has 0 spiro atoms. The van der Waals surface area contributed by atoms with Crippen molar-refractivity contribution in [3.8, 4) is 11.8 Å². The van der Waals surface area contributed by atoms with E-state index in [1.807, 2.05) is 24.3 Å². The predicted molar refractivity (Wildman–Crippen MR) is 55.9 cm³/mol. The van der Waals surface area contributed by atoms with Crippen molar-refractivity contribution < 1.29 is 4.42 Å². The highest BCUT2D eigenvalue weighted by Crippen LogP contribution is 2.17. The number of anilines is 1. The van der Waals surface area contributed by atoms with E-state index in [0.29, 0.717) is 12.6 Å². The molecule has 0 radical (unpaired) electrons. The van der Waals surface area contributed by atoms with Crippen LogP contribution in [0, 0.1) is 11.8 Å². The van der Waals surface area contributed by atoms with Crippen molar-refractivity contribution >= 4 is 17.1 Å². The molecule has 0 saturated heterocycles. The fourth-order valence-electron chi connectivity index (χ4n) is 1.16. The van der Waals surface area contributed by atoms with Crippen LogP contribution in [-0.4, -0.2) is 11.5 Å². The standard InChI is InChI=1S/C11H10N2O/c1-2-3-8-12-11-13-9-6-4-5-7-10(9)14-11/h4-7H,8H2,1H3,(H,12,13). The quantitative estimate of drug-likeness (QED) is 0.731. The van der Waals surface area contributed by atoms with Gasteiger partial charge in [-0.25, -0.2) is 0 Å². The van der Waals surface area contributed by atoms with Crippen molar-refractivity contribution in [1.29, 1.82) is 0 Å². The molecule has 1 aromatic carbocycles. The highest BCUT2D eigenvalue weighted by molar-refractivity contribution is 5.74. The summed E-state index contributed by atoms with van der Waals surface area (Å²) in [6.45, 7) is 2.36. The van der Waals surface area contributed by atoms with Crippen molar-refractivity contribution in [3.05, 3.63) is 24.3 Å². The molecule has 3 nitrogen and oxygen atoms in total. The number of fused-ring (bicyclic) bond motifs is 1. The lowest BCUT2D eigenvalue weighted by Crippen LogP contribution is -1.97. The Labute approximate surface area is 82.1 Å². The van der Waals surface area contributed by atoms with E-state index in [9.17, 15) is 0 Å².